The smallest absolute Gasteiger partial charge is 0.251 e. The van der Waals surface area contributed by atoms with Crippen molar-refractivity contribution in [3.05, 3.63) is 107 Å². The number of nitrogens with zero attached hydrogens (tertiary/aromatic N) is 3. The molecule has 0 aliphatic heterocycles. The number of halogens is 1. The number of aromatic nitrogens is 2. The highest BCUT2D eigenvalue weighted by atomic mass is 32.2. The molecule has 0 aliphatic carbocycles. The number of aryl methyl sites for hydroxylation is 2. The maximum atomic E-state index is 14.8. The van der Waals surface area contributed by atoms with Crippen molar-refractivity contribution < 1.29 is 23.5 Å². The Labute approximate surface area is 242 Å². The van der Waals surface area contributed by atoms with E-state index in [1.807, 2.05) is 26.0 Å². The van der Waals surface area contributed by atoms with Crippen LogP contribution >= 0.6 is 11.8 Å². The minimum atomic E-state index is -1.09. The molecule has 1 unspecified atom stereocenters. The molecule has 4 aromatic rings. The van der Waals surface area contributed by atoms with Gasteiger partial charge in [-0.15, -0.1) is 0 Å². The third-order valence-electron chi connectivity index (χ3n) is 6.25. The van der Waals surface area contributed by atoms with Gasteiger partial charge in [-0.2, -0.15) is 0 Å². The Balaban J connectivity index is 1.72. The number of hydrogen-bond donors (Lipinski definition) is 1. The highest BCUT2D eigenvalue weighted by Gasteiger charge is 2.33. The average Bonchev–Trinajstić information content (AvgIpc) is 2.97. The fraction of sp³-hybridized carbons (Fsp3) is 0.226. The SMILES string of the molecule is COc1ccc(NC(=O)C(c2ccccc2)N(Cc2ccccc2F)C(=O)CSc2nc(C)cc(C)n2)c(OC)c1. The summed E-state index contributed by atoms with van der Waals surface area (Å²) in [5.74, 6) is -0.455. The van der Waals surface area contributed by atoms with Crippen molar-refractivity contribution in [1.82, 2.24) is 14.9 Å². The first-order valence-electron chi connectivity index (χ1n) is 12.8. The molecular formula is C31H31FN4O4S. The molecule has 1 aromatic heterocycles. The van der Waals surface area contributed by atoms with Crippen molar-refractivity contribution in [2.45, 2.75) is 31.6 Å². The van der Waals surface area contributed by atoms with Gasteiger partial charge in [0.05, 0.1) is 25.7 Å². The van der Waals surface area contributed by atoms with Crippen molar-refractivity contribution in [2.75, 3.05) is 25.3 Å². The molecule has 0 saturated carbocycles. The standard InChI is InChI=1S/C31H31FN4O4S/c1-20-16-21(2)34-31(33-20)41-19-28(37)36(18-23-12-8-9-13-25(23)32)29(22-10-6-5-7-11-22)30(38)35-26-15-14-24(39-3)17-27(26)40-4/h5-17,29H,18-19H2,1-4H3,(H,35,38). The lowest BCUT2D eigenvalue weighted by molar-refractivity contribution is -0.137. The molecule has 1 N–H and O–H groups in total. The van der Waals surface area contributed by atoms with Crippen LogP contribution in [0.2, 0.25) is 0 Å². The lowest BCUT2D eigenvalue weighted by Crippen LogP contribution is -2.42. The lowest BCUT2D eigenvalue weighted by Gasteiger charge is -2.32. The van der Waals surface area contributed by atoms with Gasteiger partial charge in [-0.3, -0.25) is 9.59 Å². The largest absolute Gasteiger partial charge is 0.497 e. The molecule has 1 heterocycles. The van der Waals surface area contributed by atoms with Gasteiger partial charge in [-0.25, -0.2) is 14.4 Å². The molecule has 0 fully saturated rings. The number of nitrogens with one attached hydrogen (secondary N) is 1. The van der Waals surface area contributed by atoms with Gasteiger partial charge < -0.3 is 19.7 Å². The van der Waals surface area contributed by atoms with Crippen LogP contribution in [0.5, 0.6) is 11.5 Å². The summed E-state index contributed by atoms with van der Waals surface area (Å²) in [5.41, 5.74) is 2.81. The molecule has 212 valence electrons. The normalized spacial score (nSPS) is 11.4. The summed E-state index contributed by atoms with van der Waals surface area (Å²) in [5, 5.41) is 3.35. The van der Waals surface area contributed by atoms with Gasteiger partial charge in [0.15, 0.2) is 5.16 Å². The molecule has 4 rings (SSSR count). The third kappa shape index (κ3) is 7.61. The number of thioether (sulfide) groups is 1. The molecule has 0 radical (unpaired) electrons. The molecule has 1 atom stereocenters. The zero-order chi connectivity index (χ0) is 29.4. The molecule has 0 spiro atoms. The molecule has 0 saturated heterocycles. The van der Waals surface area contributed by atoms with E-state index in [-0.39, 0.29) is 23.8 Å². The van der Waals surface area contributed by atoms with Crippen molar-refractivity contribution >= 4 is 29.3 Å². The van der Waals surface area contributed by atoms with Gasteiger partial charge in [0.2, 0.25) is 5.91 Å². The number of hydrogen-bond acceptors (Lipinski definition) is 7. The fourth-order valence-electron chi connectivity index (χ4n) is 4.31. The number of ether oxygens (including phenoxy) is 2. The van der Waals surface area contributed by atoms with Gasteiger partial charge in [0.25, 0.3) is 5.91 Å². The number of carbonyl (C=O) groups is 2. The van der Waals surface area contributed by atoms with Crippen LogP contribution in [0.25, 0.3) is 0 Å². The topological polar surface area (TPSA) is 93.7 Å². The van der Waals surface area contributed by atoms with Crippen molar-refractivity contribution in [1.29, 1.82) is 0 Å². The monoisotopic (exact) mass is 574 g/mol. The van der Waals surface area contributed by atoms with E-state index in [4.69, 9.17) is 9.47 Å². The molecule has 10 heteroatoms. The Morgan fingerprint density at radius 3 is 2.27 bits per heavy atom. The highest BCUT2D eigenvalue weighted by molar-refractivity contribution is 7.99. The van der Waals surface area contributed by atoms with Crippen LogP contribution in [0.3, 0.4) is 0 Å². The Bertz CT molecular complexity index is 1500. The lowest BCUT2D eigenvalue weighted by atomic mass is 10.0. The van der Waals surface area contributed by atoms with Crippen LogP contribution in [0.4, 0.5) is 10.1 Å². The first-order chi connectivity index (χ1) is 19.8. The first kappa shape index (κ1) is 29.5. The summed E-state index contributed by atoms with van der Waals surface area (Å²) >= 11 is 1.17. The van der Waals surface area contributed by atoms with Crippen LogP contribution < -0.4 is 14.8 Å². The van der Waals surface area contributed by atoms with Gasteiger partial charge >= 0.3 is 0 Å². The van der Waals surface area contributed by atoms with E-state index in [0.29, 0.717) is 27.9 Å². The van der Waals surface area contributed by atoms with Crippen molar-refractivity contribution in [3.8, 4) is 11.5 Å². The van der Waals surface area contributed by atoms with Crippen molar-refractivity contribution in [2.24, 2.45) is 0 Å². The van der Waals surface area contributed by atoms with E-state index < -0.39 is 17.8 Å². The molecular weight excluding hydrogens is 543 g/mol. The van der Waals surface area contributed by atoms with E-state index in [9.17, 15) is 14.0 Å². The molecule has 3 aromatic carbocycles. The molecule has 2 amide bonds. The van der Waals surface area contributed by atoms with Crippen LogP contribution in [-0.2, 0) is 16.1 Å². The number of rotatable bonds is 11. The van der Waals surface area contributed by atoms with Crippen LogP contribution in [-0.4, -0.2) is 46.7 Å². The highest BCUT2D eigenvalue weighted by Crippen LogP contribution is 2.32. The van der Waals surface area contributed by atoms with E-state index in [1.165, 1.54) is 36.9 Å². The Hall–Kier alpha value is -4.44. The van der Waals surface area contributed by atoms with Crippen LogP contribution in [0.1, 0.15) is 28.6 Å². The summed E-state index contributed by atoms with van der Waals surface area (Å²) in [6.45, 7) is 3.58. The van der Waals surface area contributed by atoms with E-state index >= 15 is 0 Å². The minimum Gasteiger partial charge on any atom is -0.497 e. The maximum absolute atomic E-state index is 14.8. The van der Waals surface area contributed by atoms with E-state index in [2.05, 4.69) is 15.3 Å². The maximum Gasteiger partial charge on any atom is 0.251 e. The minimum absolute atomic E-state index is 0.0557. The number of methoxy groups -OCH3 is 2. The second kappa shape index (κ2) is 13.8. The second-order valence-corrected chi connectivity index (χ2v) is 10.1. The molecule has 8 nitrogen and oxygen atoms in total. The van der Waals surface area contributed by atoms with Gasteiger partial charge in [-0.1, -0.05) is 60.3 Å². The van der Waals surface area contributed by atoms with Crippen molar-refractivity contribution in [3.63, 3.8) is 0 Å². The Kier molecular flexibility index (Phi) is 9.91. The summed E-state index contributed by atoms with van der Waals surface area (Å²) in [4.78, 5) is 38.1. The molecule has 0 aliphatic rings. The number of amides is 2. The van der Waals surface area contributed by atoms with E-state index in [1.54, 1.807) is 60.7 Å². The summed E-state index contributed by atoms with van der Waals surface area (Å²) in [7, 11) is 3.02. The second-order valence-electron chi connectivity index (χ2n) is 9.20. The van der Waals surface area contributed by atoms with Gasteiger partial charge in [0, 0.05) is 29.6 Å². The Morgan fingerprint density at radius 1 is 0.927 bits per heavy atom. The van der Waals surface area contributed by atoms with Gasteiger partial charge in [0.1, 0.15) is 23.4 Å². The van der Waals surface area contributed by atoms with Gasteiger partial charge in [-0.05, 0) is 43.7 Å². The first-order valence-corrected chi connectivity index (χ1v) is 13.8. The summed E-state index contributed by atoms with van der Waals surface area (Å²) in [6.07, 6.45) is 0. The predicted molar refractivity (Wildman–Crippen MR) is 157 cm³/mol. The zero-order valence-corrected chi connectivity index (χ0v) is 24.1. The predicted octanol–water partition coefficient (Wildman–Crippen LogP) is 5.75. The quantitative estimate of drug-likeness (QED) is 0.180. The van der Waals surface area contributed by atoms with Crippen LogP contribution in [0.15, 0.2) is 84.0 Å². The molecule has 0 bridgehead atoms. The van der Waals surface area contributed by atoms with Crippen LogP contribution in [0, 0.1) is 19.7 Å². The summed E-state index contributed by atoms with van der Waals surface area (Å²) in [6, 6.07) is 20.9. The summed E-state index contributed by atoms with van der Waals surface area (Å²) < 4.78 is 25.6. The molecule has 41 heavy (non-hydrogen) atoms. The zero-order valence-electron chi connectivity index (χ0n) is 23.3. The average molecular weight is 575 g/mol. The fourth-order valence-corrected chi connectivity index (χ4v) is 5.15. The Morgan fingerprint density at radius 2 is 1.61 bits per heavy atom. The third-order valence-corrected chi connectivity index (χ3v) is 7.08. The number of anilines is 1. The number of benzene rings is 3. The van der Waals surface area contributed by atoms with E-state index in [0.717, 1.165) is 11.4 Å². The number of carbonyl (C=O) groups excluding carboxylic acids is 2.